The van der Waals surface area contributed by atoms with Gasteiger partial charge in [0.2, 0.25) is 0 Å². The van der Waals surface area contributed by atoms with Crippen LogP contribution in [0.2, 0.25) is 0 Å². The van der Waals surface area contributed by atoms with Crippen molar-refractivity contribution in [2.24, 2.45) is 0 Å². The molecular formula is C15H13BrO2. The minimum atomic E-state index is -0.276. The highest BCUT2D eigenvalue weighted by Gasteiger charge is 2.27. The van der Waals surface area contributed by atoms with Crippen LogP contribution in [-0.4, -0.2) is 11.9 Å². The Balaban J connectivity index is 2.36. The van der Waals surface area contributed by atoms with Gasteiger partial charge in [0, 0.05) is 4.47 Å². The fourth-order valence-electron chi connectivity index (χ4n) is 1.92. The molecule has 1 aromatic rings. The fourth-order valence-corrected chi connectivity index (χ4v) is 2.29. The first kappa shape index (κ1) is 12.8. The van der Waals surface area contributed by atoms with Crippen molar-refractivity contribution in [3.63, 3.8) is 0 Å². The smallest absolute Gasteiger partial charge is 0.170 e. The van der Waals surface area contributed by atoms with Gasteiger partial charge in [-0.15, -0.1) is 0 Å². The third kappa shape index (κ3) is 2.46. The molecule has 1 atom stereocenters. The van der Waals surface area contributed by atoms with Crippen molar-refractivity contribution < 1.29 is 9.53 Å². The first-order valence-corrected chi connectivity index (χ1v) is 6.39. The predicted molar refractivity (Wildman–Crippen MR) is 76.0 cm³/mol. The molecule has 0 fully saturated rings. The van der Waals surface area contributed by atoms with Gasteiger partial charge in [-0.25, -0.2) is 0 Å². The molecule has 0 N–H and O–H groups in total. The van der Waals surface area contributed by atoms with Crippen molar-refractivity contribution in [3.8, 4) is 5.75 Å². The summed E-state index contributed by atoms with van der Waals surface area (Å²) in [6, 6.07) is 5.45. The molecule has 1 aliphatic heterocycles. The van der Waals surface area contributed by atoms with Crippen LogP contribution in [-0.2, 0) is 0 Å². The van der Waals surface area contributed by atoms with Crippen LogP contribution in [0, 0.1) is 0 Å². The standard InChI is InChI=1S/C15H13BrO2/c1-3-5-10(4-2)15-9-13(17)12-8-11(16)6-7-14(12)18-15/h3-8,15H,1-2,9H2/b10-5+. The number of ketones is 1. The fraction of sp³-hybridized carbons (Fsp3) is 0.133. The normalized spacial score (nSPS) is 18.8. The van der Waals surface area contributed by atoms with E-state index < -0.39 is 0 Å². The molecule has 0 saturated carbocycles. The molecular weight excluding hydrogens is 292 g/mol. The lowest BCUT2D eigenvalue weighted by atomic mass is 9.96. The molecule has 0 radical (unpaired) electrons. The molecule has 0 saturated heterocycles. The zero-order valence-electron chi connectivity index (χ0n) is 9.86. The topological polar surface area (TPSA) is 26.3 Å². The van der Waals surface area contributed by atoms with Crippen molar-refractivity contribution in [3.05, 3.63) is 65.2 Å². The third-order valence-electron chi connectivity index (χ3n) is 2.80. The summed E-state index contributed by atoms with van der Waals surface area (Å²) in [5, 5.41) is 0. The van der Waals surface area contributed by atoms with Crippen molar-refractivity contribution in [2.45, 2.75) is 12.5 Å². The number of fused-ring (bicyclic) bond motifs is 1. The predicted octanol–water partition coefficient (Wildman–Crippen LogP) is 4.08. The Bertz CT molecular complexity index is 543. The molecule has 0 aromatic heterocycles. The summed E-state index contributed by atoms with van der Waals surface area (Å²) in [7, 11) is 0. The van der Waals surface area contributed by atoms with E-state index in [2.05, 4.69) is 29.1 Å². The number of Topliss-reactive ketones (excluding diaryl/α,β-unsaturated/α-hetero) is 1. The summed E-state index contributed by atoms with van der Waals surface area (Å²) < 4.78 is 6.71. The molecule has 92 valence electrons. The molecule has 0 aliphatic carbocycles. The van der Waals surface area contributed by atoms with E-state index in [0.717, 1.165) is 10.0 Å². The van der Waals surface area contributed by atoms with Crippen LogP contribution in [0.5, 0.6) is 5.75 Å². The van der Waals surface area contributed by atoms with Gasteiger partial charge >= 0.3 is 0 Å². The number of carbonyl (C=O) groups is 1. The number of rotatable bonds is 3. The second kappa shape index (κ2) is 5.36. The number of benzene rings is 1. The largest absolute Gasteiger partial charge is 0.484 e. The summed E-state index contributed by atoms with van der Waals surface area (Å²) in [6.45, 7) is 7.38. The van der Waals surface area contributed by atoms with Crippen molar-refractivity contribution in [2.75, 3.05) is 0 Å². The van der Waals surface area contributed by atoms with Gasteiger partial charge in [0.1, 0.15) is 11.9 Å². The third-order valence-corrected chi connectivity index (χ3v) is 3.29. The summed E-state index contributed by atoms with van der Waals surface area (Å²) in [6.07, 6.45) is 5.23. The maximum Gasteiger partial charge on any atom is 0.170 e. The second-order valence-corrected chi connectivity index (χ2v) is 4.90. The first-order valence-electron chi connectivity index (χ1n) is 5.60. The Labute approximate surface area is 115 Å². The van der Waals surface area contributed by atoms with Crippen LogP contribution in [0.3, 0.4) is 0 Å². The van der Waals surface area contributed by atoms with E-state index in [9.17, 15) is 4.79 Å². The first-order chi connectivity index (χ1) is 8.65. The molecule has 0 bridgehead atoms. The van der Waals surface area contributed by atoms with Gasteiger partial charge in [-0.2, -0.15) is 0 Å². The van der Waals surface area contributed by atoms with Crippen molar-refractivity contribution in [1.82, 2.24) is 0 Å². The van der Waals surface area contributed by atoms with E-state index in [-0.39, 0.29) is 11.9 Å². The van der Waals surface area contributed by atoms with Gasteiger partial charge in [0.05, 0.1) is 12.0 Å². The zero-order chi connectivity index (χ0) is 13.1. The van der Waals surface area contributed by atoms with Crippen LogP contribution in [0.15, 0.2) is 59.6 Å². The highest BCUT2D eigenvalue weighted by Crippen LogP contribution is 2.32. The average Bonchev–Trinajstić information content (AvgIpc) is 2.36. The van der Waals surface area contributed by atoms with E-state index in [4.69, 9.17) is 4.74 Å². The minimum Gasteiger partial charge on any atom is -0.484 e. The Kier molecular flexibility index (Phi) is 3.82. The lowest BCUT2D eigenvalue weighted by molar-refractivity contribution is 0.0887. The van der Waals surface area contributed by atoms with Crippen LogP contribution < -0.4 is 4.74 Å². The molecule has 1 aliphatic rings. The SMILES string of the molecule is C=C/C=C(\C=C)C1CC(=O)c2cc(Br)ccc2O1. The van der Waals surface area contributed by atoms with Gasteiger partial charge in [-0.1, -0.05) is 47.3 Å². The second-order valence-electron chi connectivity index (χ2n) is 3.98. The van der Waals surface area contributed by atoms with Crippen LogP contribution in [0.4, 0.5) is 0 Å². The lowest BCUT2D eigenvalue weighted by Crippen LogP contribution is -2.28. The van der Waals surface area contributed by atoms with E-state index in [1.54, 1.807) is 24.3 Å². The Morgan fingerprint density at radius 2 is 2.22 bits per heavy atom. The molecule has 1 unspecified atom stereocenters. The molecule has 3 heteroatoms. The van der Waals surface area contributed by atoms with Crippen LogP contribution in [0.1, 0.15) is 16.8 Å². The van der Waals surface area contributed by atoms with E-state index in [0.29, 0.717) is 17.7 Å². The number of carbonyl (C=O) groups excluding carboxylic acids is 1. The molecule has 2 rings (SSSR count). The highest BCUT2D eigenvalue weighted by molar-refractivity contribution is 9.10. The van der Waals surface area contributed by atoms with Gasteiger partial charge in [-0.3, -0.25) is 4.79 Å². The van der Waals surface area contributed by atoms with E-state index >= 15 is 0 Å². The highest BCUT2D eigenvalue weighted by atomic mass is 79.9. The molecule has 0 spiro atoms. The van der Waals surface area contributed by atoms with Gasteiger partial charge in [0.15, 0.2) is 5.78 Å². The number of halogens is 1. The number of allylic oxidation sites excluding steroid dienone is 2. The Morgan fingerprint density at radius 3 is 2.89 bits per heavy atom. The molecule has 0 amide bonds. The van der Waals surface area contributed by atoms with Crippen molar-refractivity contribution >= 4 is 21.7 Å². The molecule has 1 aromatic carbocycles. The molecule has 18 heavy (non-hydrogen) atoms. The van der Waals surface area contributed by atoms with E-state index in [1.165, 1.54) is 0 Å². The van der Waals surface area contributed by atoms with Crippen LogP contribution >= 0.6 is 15.9 Å². The van der Waals surface area contributed by atoms with Gasteiger partial charge in [0.25, 0.3) is 0 Å². The van der Waals surface area contributed by atoms with Gasteiger partial charge in [-0.05, 0) is 23.8 Å². The molecule has 1 heterocycles. The summed E-state index contributed by atoms with van der Waals surface area (Å²) in [5.74, 6) is 0.704. The summed E-state index contributed by atoms with van der Waals surface area (Å²) in [4.78, 5) is 12.1. The van der Waals surface area contributed by atoms with Gasteiger partial charge < -0.3 is 4.74 Å². The maximum atomic E-state index is 12.1. The quantitative estimate of drug-likeness (QED) is 0.787. The molecule has 2 nitrogen and oxygen atoms in total. The van der Waals surface area contributed by atoms with Crippen LogP contribution in [0.25, 0.3) is 0 Å². The Hall–Kier alpha value is -1.61. The minimum absolute atomic E-state index is 0.0827. The monoisotopic (exact) mass is 304 g/mol. The van der Waals surface area contributed by atoms with E-state index in [1.807, 2.05) is 12.1 Å². The maximum absolute atomic E-state index is 12.1. The number of hydrogen-bond acceptors (Lipinski definition) is 2. The Morgan fingerprint density at radius 1 is 1.44 bits per heavy atom. The lowest BCUT2D eigenvalue weighted by Gasteiger charge is -2.26. The van der Waals surface area contributed by atoms with Crippen molar-refractivity contribution in [1.29, 1.82) is 0 Å². The summed E-state index contributed by atoms with van der Waals surface area (Å²) in [5.41, 5.74) is 1.49. The number of hydrogen-bond donors (Lipinski definition) is 0. The zero-order valence-corrected chi connectivity index (χ0v) is 11.4. The number of ether oxygens (including phenoxy) is 1. The average molecular weight is 305 g/mol. The summed E-state index contributed by atoms with van der Waals surface area (Å²) >= 11 is 3.35.